The maximum absolute atomic E-state index is 11.6. The fourth-order valence-corrected chi connectivity index (χ4v) is 3.49. The number of esters is 1. The number of primary sulfonamides is 1. The molecule has 0 heterocycles. The molecule has 3 N–H and O–H groups in total. The molecule has 0 aliphatic carbocycles. The molecule has 1 rings (SSSR count). The predicted octanol–water partition coefficient (Wildman–Crippen LogP) is 0.0112. The van der Waals surface area contributed by atoms with E-state index in [0.717, 1.165) is 19.2 Å². The van der Waals surface area contributed by atoms with Gasteiger partial charge >= 0.3 is 5.97 Å². The summed E-state index contributed by atoms with van der Waals surface area (Å²) < 4.78 is 52.0. The Morgan fingerprint density at radius 3 is 2.40 bits per heavy atom. The topological polar surface area (TPSA) is 133 Å². The zero-order valence-electron chi connectivity index (χ0n) is 10.2. The molecule has 20 heavy (non-hydrogen) atoms. The van der Waals surface area contributed by atoms with Crippen molar-refractivity contribution in [1.29, 1.82) is 0 Å². The maximum atomic E-state index is 11.6. The molecule has 1 aromatic carbocycles. The van der Waals surface area contributed by atoms with Gasteiger partial charge in [0.05, 0.1) is 17.7 Å². The SMILES string of the molecule is COC(=O)CS(=O)(=O)Nc1ccc(S(N)(=O)=O)cc1Br. The maximum Gasteiger partial charge on any atom is 0.322 e. The number of benzene rings is 1. The van der Waals surface area contributed by atoms with Gasteiger partial charge in [0.2, 0.25) is 20.0 Å². The molecule has 0 saturated carbocycles. The minimum Gasteiger partial charge on any atom is -0.468 e. The van der Waals surface area contributed by atoms with E-state index in [1.807, 2.05) is 0 Å². The molecule has 0 saturated heterocycles. The van der Waals surface area contributed by atoms with Crippen molar-refractivity contribution in [3.63, 3.8) is 0 Å². The Hall–Kier alpha value is -1.17. The number of carbonyl (C=O) groups is 1. The number of anilines is 1. The van der Waals surface area contributed by atoms with E-state index < -0.39 is 31.8 Å². The van der Waals surface area contributed by atoms with Crippen LogP contribution in [0.15, 0.2) is 27.6 Å². The lowest BCUT2D eigenvalue weighted by Crippen LogP contribution is -2.23. The zero-order valence-corrected chi connectivity index (χ0v) is 13.4. The van der Waals surface area contributed by atoms with Crippen molar-refractivity contribution in [2.45, 2.75) is 4.90 Å². The molecule has 0 aliphatic heterocycles. The first-order valence-corrected chi connectivity index (χ1v) is 8.94. The molecule has 0 aliphatic rings. The molecule has 0 bridgehead atoms. The fraction of sp³-hybridized carbons (Fsp3) is 0.222. The highest BCUT2D eigenvalue weighted by Gasteiger charge is 2.19. The average molecular weight is 387 g/mol. The predicted molar refractivity (Wildman–Crippen MR) is 74.9 cm³/mol. The summed E-state index contributed by atoms with van der Waals surface area (Å²) in [6, 6.07) is 3.49. The van der Waals surface area contributed by atoms with Gasteiger partial charge in [0.25, 0.3) is 0 Å². The third-order valence-corrected chi connectivity index (χ3v) is 4.78. The van der Waals surface area contributed by atoms with E-state index >= 15 is 0 Å². The van der Waals surface area contributed by atoms with Gasteiger partial charge in [0, 0.05) is 4.47 Å². The number of ether oxygens (including phenoxy) is 1. The van der Waals surface area contributed by atoms with Gasteiger partial charge in [-0.2, -0.15) is 0 Å². The average Bonchev–Trinajstić information content (AvgIpc) is 2.29. The van der Waals surface area contributed by atoms with Crippen LogP contribution in [0.4, 0.5) is 5.69 Å². The van der Waals surface area contributed by atoms with Crippen molar-refractivity contribution in [2.24, 2.45) is 5.14 Å². The molecule has 0 unspecified atom stereocenters. The number of sulfonamides is 2. The van der Waals surface area contributed by atoms with Gasteiger partial charge in [-0.05, 0) is 34.1 Å². The Morgan fingerprint density at radius 2 is 1.95 bits per heavy atom. The molecule has 0 aromatic heterocycles. The quantitative estimate of drug-likeness (QED) is 0.684. The standard InChI is InChI=1S/C9H11BrN2O6S2/c1-18-9(13)5-19(14,15)12-8-3-2-6(4-7(8)10)20(11,16)17/h2-4,12H,5H2,1H3,(H2,11,16,17). The van der Waals surface area contributed by atoms with Gasteiger partial charge in [0.15, 0.2) is 5.75 Å². The first kappa shape index (κ1) is 16.9. The Balaban J connectivity index is 3.03. The van der Waals surface area contributed by atoms with Crippen LogP contribution in [0.1, 0.15) is 0 Å². The number of methoxy groups -OCH3 is 1. The minimum absolute atomic E-state index is 0.0707. The Bertz CT molecular complexity index is 729. The normalized spacial score (nSPS) is 11.9. The fourth-order valence-electron chi connectivity index (χ4n) is 1.17. The van der Waals surface area contributed by atoms with Crippen LogP contribution >= 0.6 is 15.9 Å². The van der Waals surface area contributed by atoms with Crippen molar-refractivity contribution in [3.05, 3.63) is 22.7 Å². The second-order valence-corrected chi connectivity index (χ2v) is 7.76. The largest absolute Gasteiger partial charge is 0.468 e. The number of halogens is 1. The minimum atomic E-state index is -3.95. The van der Waals surface area contributed by atoms with Crippen molar-refractivity contribution >= 4 is 47.6 Å². The van der Waals surface area contributed by atoms with Crippen molar-refractivity contribution in [1.82, 2.24) is 0 Å². The van der Waals surface area contributed by atoms with Crippen LogP contribution in [-0.2, 0) is 29.6 Å². The van der Waals surface area contributed by atoms with Crippen LogP contribution in [0.3, 0.4) is 0 Å². The number of hydrogen-bond donors (Lipinski definition) is 2. The molecular weight excluding hydrogens is 376 g/mol. The Kier molecular flexibility index (Phi) is 5.13. The molecule has 0 radical (unpaired) electrons. The van der Waals surface area contributed by atoms with E-state index in [-0.39, 0.29) is 15.1 Å². The Morgan fingerprint density at radius 1 is 1.35 bits per heavy atom. The van der Waals surface area contributed by atoms with Crippen molar-refractivity contribution in [2.75, 3.05) is 17.6 Å². The van der Waals surface area contributed by atoms with E-state index in [4.69, 9.17) is 5.14 Å². The molecule has 11 heteroatoms. The summed E-state index contributed by atoms with van der Waals surface area (Å²) in [5.41, 5.74) is 0.0707. The third-order valence-electron chi connectivity index (χ3n) is 2.07. The highest BCUT2D eigenvalue weighted by molar-refractivity contribution is 9.10. The molecule has 0 fully saturated rings. The van der Waals surface area contributed by atoms with Crippen LogP contribution in [0.5, 0.6) is 0 Å². The Labute approximate surface area is 124 Å². The van der Waals surface area contributed by atoms with Crippen molar-refractivity contribution < 1.29 is 26.4 Å². The molecule has 112 valence electrons. The third kappa shape index (κ3) is 4.74. The lowest BCUT2D eigenvalue weighted by molar-refractivity contribution is -0.137. The van der Waals surface area contributed by atoms with E-state index in [2.05, 4.69) is 25.4 Å². The molecular formula is C9H11BrN2O6S2. The van der Waals surface area contributed by atoms with Gasteiger partial charge < -0.3 is 4.74 Å². The van der Waals surface area contributed by atoms with Gasteiger partial charge in [-0.3, -0.25) is 9.52 Å². The summed E-state index contributed by atoms with van der Waals surface area (Å²) >= 11 is 3.01. The van der Waals surface area contributed by atoms with Crippen LogP contribution in [0, 0.1) is 0 Å². The number of nitrogens with two attached hydrogens (primary N) is 1. The smallest absolute Gasteiger partial charge is 0.322 e. The molecule has 1 aromatic rings. The van der Waals surface area contributed by atoms with E-state index in [1.165, 1.54) is 6.07 Å². The van der Waals surface area contributed by atoms with Gasteiger partial charge in [0.1, 0.15) is 0 Å². The number of rotatable bonds is 5. The van der Waals surface area contributed by atoms with E-state index in [1.54, 1.807) is 0 Å². The molecule has 0 amide bonds. The van der Waals surface area contributed by atoms with E-state index in [0.29, 0.717) is 0 Å². The monoisotopic (exact) mass is 386 g/mol. The summed E-state index contributed by atoms with van der Waals surface area (Å²) in [5.74, 6) is -1.78. The van der Waals surface area contributed by atoms with Crippen LogP contribution in [0.2, 0.25) is 0 Å². The van der Waals surface area contributed by atoms with Crippen LogP contribution < -0.4 is 9.86 Å². The summed E-state index contributed by atoms with van der Waals surface area (Å²) in [4.78, 5) is 10.8. The number of carbonyl (C=O) groups excluding carboxylic acids is 1. The van der Waals surface area contributed by atoms with Crippen LogP contribution in [0.25, 0.3) is 0 Å². The summed E-state index contributed by atoms with van der Waals surface area (Å²) in [6.07, 6.45) is 0. The summed E-state index contributed by atoms with van der Waals surface area (Å²) in [6.45, 7) is 0. The summed E-state index contributed by atoms with van der Waals surface area (Å²) in [7, 11) is -6.78. The summed E-state index contributed by atoms with van der Waals surface area (Å²) in [5, 5.41) is 4.94. The second-order valence-electron chi connectivity index (χ2n) is 3.62. The zero-order chi connectivity index (χ0) is 15.6. The second kappa shape index (κ2) is 6.08. The molecule has 0 atom stereocenters. The first-order chi connectivity index (χ1) is 9.05. The lowest BCUT2D eigenvalue weighted by Gasteiger charge is -2.09. The van der Waals surface area contributed by atoms with Gasteiger partial charge in [-0.1, -0.05) is 0 Å². The lowest BCUT2D eigenvalue weighted by atomic mass is 10.3. The highest BCUT2D eigenvalue weighted by atomic mass is 79.9. The number of nitrogens with one attached hydrogen (secondary N) is 1. The van der Waals surface area contributed by atoms with Crippen LogP contribution in [-0.4, -0.2) is 35.7 Å². The van der Waals surface area contributed by atoms with Gasteiger partial charge in [-0.25, -0.2) is 22.0 Å². The van der Waals surface area contributed by atoms with E-state index in [9.17, 15) is 21.6 Å². The van der Waals surface area contributed by atoms with Gasteiger partial charge in [-0.15, -0.1) is 0 Å². The first-order valence-electron chi connectivity index (χ1n) is 4.95. The molecule has 8 nitrogen and oxygen atoms in total. The van der Waals surface area contributed by atoms with Crippen molar-refractivity contribution in [3.8, 4) is 0 Å². The highest BCUT2D eigenvalue weighted by Crippen LogP contribution is 2.26. The number of hydrogen-bond acceptors (Lipinski definition) is 6. The molecule has 0 spiro atoms.